The summed E-state index contributed by atoms with van der Waals surface area (Å²) in [5, 5.41) is 0. The molecule has 0 aliphatic rings. The highest BCUT2D eigenvalue weighted by atomic mass is 16.5. The van der Waals surface area contributed by atoms with Crippen molar-refractivity contribution in [3.05, 3.63) is 66.2 Å². The summed E-state index contributed by atoms with van der Waals surface area (Å²) in [6, 6.07) is 13.4. The van der Waals surface area contributed by atoms with Crippen molar-refractivity contribution in [2.75, 3.05) is 6.61 Å². The van der Waals surface area contributed by atoms with Crippen molar-refractivity contribution in [2.24, 2.45) is 5.73 Å². The number of primary amides is 1. The minimum absolute atomic E-state index is 0.413. The second-order valence-electron chi connectivity index (χ2n) is 4.72. The summed E-state index contributed by atoms with van der Waals surface area (Å²) < 4.78 is 5.64. The lowest BCUT2D eigenvalue weighted by atomic mass is 10.00. The van der Waals surface area contributed by atoms with E-state index < -0.39 is 5.91 Å². The molecule has 0 saturated heterocycles. The Kier molecular flexibility index (Phi) is 4.77. The number of aryl methyl sites for hydroxylation is 1. The minimum Gasteiger partial charge on any atom is -0.489 e. The fourth-order valence-electron chi connectivity index (χ4n) is 2.15. The van der Waals surface area contributed by atoms with Gasteiger partial charge in [-0.25, -0.2) is 0 Å². The van der Waals surface area contributed by atoms with Gasteiger partial charge in [0.25, 0.3) is 0 Å². The average molecular weight is 281 g/mol. The zero-order valence-corrected chi connectivity index (χ0v) is 12.1. The molecular weight excluding hydrogens is 262 g/mol. The summed E-state index contributed by atoms with van der Waals surface area (Å²) in [7, 11) is 0. The van der Waals surface area contributed by atoms with E-state index in [2.05, 4.69) is 19.6 Å². The van der Waals surface area contributed by atoms with Crippen LogP contribution in [0.4, 0.5) is 0 Å². The molecule has 0 heterocycles. The van der Waals surface area contributed by atoms with E-state index in [-0.39, 0.29) is 0 Å². The lowest BCUT2D eigenvalue weighted by Crippen LogP contribution is -2.10. The molecule has 21 heavy (non-hydrogen) atoms. The molecule has 0 fully saturated rings. The van der Waals surface area contributed by atoms with Crippen LogP contribution in [0.25, 0.3) is 11.1 Å². The number of benzene rings is 2. The molecule has 3 nitrogen and oxygen atoms in total. The molecule has 2 rings (SSSR count). The summed E-state index contributed by atoms with van der Waals surface area (Å²) >= 11 is 0. The standard InChI is InChI=1S/C18H19NO2/c1-3-11-21-17-10-9-16(12-13(17)4-2)14-5-7-15(8-6-14)18(19)20/h3,5-10,12H,1,4,11H2,2H3,(H2,19,20). The van der Waals surface area contributed by atoms with Crippen molar-refractivity contribution in [2.45, 2.75) is 13.3 Å². The van der Waals surface area contributed by atoms with Crippen LogP contribution < -0.4 is 10.5 Å². The van der Waals surface area contributed by atoms with Crippen LogP contribution in [0.5, 0.6) is 5.75 Å². The SMILES string of the molecule is C=CCOc1ccc(-c2ccc(C(N)=O)cc2)cc1CC. The summed E-state index contributed by atoms with van der Waals surface area (Å²) in [6.07, 6.45) is 2.62. The van der Waals surface area contributed by atoms with Crippen LogP contribution in [-0.2, 0) is 6.42 Å². The molecule has 2 aromatic carbocycles. The lowest BCUT2D eigenvalue weighted by molar-refractivity contribution is 0.100. The molecule has 1 amide bonds. The zero-order valence-electron chi connectivity index (χ0n) is 12.1. The van der Waals surface area contributed by atoms with Gasteiger partial charge in [-0.3, -0.25) is 4.79 Å². The number of rotatable bonds is 6. The Morgan fingerprint density at radius 2 is 1.86 bits per heavy atom. The van der Waals surface area contributed by atoms with Crippen molar-refractivity contribution >= 4 is 5.91 Å². The maximum Gasteiger partial charge on any atom is 0.248 e. The molecule has 0 aromatic heterocycles. The van der Waals surface area contributed by atoms with Crippen LogP contribution in [0.1, 0.15) is 22.8 Å². The first-order valence-electron chi connectivity index (χ1n) is 6.92. The highest BCUT2D eigenvalue weighted by Gasteiger charge is 2.06. The van der Waals surface area contributed by atoms with Gasteiger partial charge in [0.15, 0.2) is 0 Å². The Morgan fingerprint density at radius 1 is 1.19 bits per heavy atom. The molecule has 0 saturated carbocycles. The van der Waals surface area contributed by atoms with Crippen LogP contribution in [0.15, 0.2) is 55.1 Å². The van der Waals surface area contributed by atoms with Gasteiger partial charge in [0.05, 0.1) is 0 Å². The van der Waals surface area contributed by atoms with E-state index in [1.807, 2.05) is 24.3 Å². The topological polar surface area (TPSA) is 52.3 Å². The van der Waals surface area contributed by atoms with Crippen LogP contribution in [0.2, 0.25) is 0 Å². The number of carbonyl (C=O) groups is 1. The van der Waals surface area contributed by atoms with E-state index >= 15 is 0 Å². The quantitative estimate of drug-likeness (QED) is 0.823. The third kappa shape index (κ3) is 3.51. The smallest absolute Gasteiger partial charge is 0.248 e. The van der Waals surface area contributed by atoms with E-state index in [0.29, 0.717) is 12.2 Å². The highest BCUT2D eigenvalue weighted by Crippen LogP contribution is 2.27. The first-order valence-corrected chi connectivity index (χ1v) is 6.92. The highest BCUT2D eigenvalue weighted by molar-refractivity contribution is 5.93. The van der Waals surface area contributed by atoms with Gasteiger partial charge in [0, 0.05) is 5.56 Å². The zero-order chi connectivity index (χ0) is 15.2. The van der Waals surface area contributed by atoms with Gasteiger partial charge in [0.1, 0.15) is 12.4 Å². The second-order valence-corrected chi connectivity index (χ2v) is 4.72. The van der Waals surface area contributed by atoms with E-state index in [0.717, 1.165) is 28.9 Å². The molecule has 2 N–H and O–H groups in total. The molecular formula is C18H19NO2. The van der Waals surface area contributed by atoms with Gasteiger partial charge in [-0.05, 0) is 47.4 Å². The number of ether oxygens (including phenoxy) is 1. The second kappa shape index (κ2) is 6.75. The summed E-state index contributed by atoms with van der Waals surface area (Å²) in [5.74, 6) is 0.471. The van der Waals surface area contributed by atoms with Crippen molar-refractivity contribution in [3.8, 4) is 16.9 Å². The third-order valence-electron chi connectivity index (χ3n) is 3.30. The van der Waals surface area contributed by atoms with E-state index in [4.69, 9.17) is 10.5 Å². The van der Waals surface area contributed by atoms with Gasteiger partial charge in [-0.2, -0.15) is 0 Å². The third-order valence-corrected chi connectivity index (χ3v) is 3.30. The Hall–Kier alpha value is -2.55. The first-order chi connectivity index (χ1) is 10.2. The molecule has 0 spiro atoms. The number of amides is 1. The molecule has 2 aromatic rings. The molecule has 108 valence electrons. The van der Waals surface area contributed by atoms with Crippen LogP contribution in [0.3, 0.4) is 0 Å². The van der Waals surface area contributed by atoms with Crippen molar-refractivity contribution in [3.63, 3.8) is 0 Å². The average Bonchev–Trinajstić information content (AvgIpc) is 2.52. The molecule has 0 radical (unpaired) electrons. The maximum absolute atomic E-state index is 11.1. The van der Waals surface area contributed by atoms with Crippen LogP contribution >= 0.6 is 0 Å². The Morgan fingerprint density at radius 3 is 2.43 bits per heavy atom. The van der Waals surface area contributed by atoms with E-state index in [1.54, 1.807) is 18.2 Å². The molecule has 3 heteroatoms. The van der Waals surface area contributed by atoms with Gasteiger partial charge in [0.2, 0.25) is 5.91 Å². The van der Waals surface area contributed by atoms with Crippen molar-refractivity contribution < 1.29 is 9.53 Å². The van der Waals surface area contributed by atoms with E-state index in [1.165, 1.54) is 0 Å². The molecule has 0 atom stereocenters. The Bertz CT molecular complexity index is 645. The van der Waals surface area contributed by atoms with Gasteiger partial charge in [-0.15, -0.1) is 0 Å². The monoisotopic (exact) mass is 281 g/mol. The Labute approximate surface area is 125 Å². The fraction of sp³-hybridized carbons (Fsp3) is 0.167. The fourth-order valence-corrected chi connectivity index (χ4v) is 2.15. The van der Waals surface area contributed by atoms with Crippen molar-refractivity contribution in [1.82, 2.24) is 0 Å². The van der Waals surface area contributed by atoms with Crippen LogP contribution in [0, 0.1) is 0 Å². The molecule has 0 aliphatic carbocycles. The molecule has 0 unspecified atom stereocenters. The number of carbonyl (C=O) groups excluding carboxylic acids is 1. The minimum atomic E-state index is -0.413. The van der Waals surface area contributed by atoms with Gasteiger partial charge >= 0.3 is 0 Å². The summed E-state index contributed by atoms with van der Waals surface area (Å²) in [4.78, 5) is 11.1. The van der Waals surface area contributed by atoms with Crippen LogP contribution in [-0.4, -0.2) is 12.5 Å². The van der Waals surface area contributed by atoms with Gasteiger partial charge in [-0.1, -0.05) is 37.8 Å². The first kappa shape index (κ1) is 14.9. The maximum atomic E-state index is 11.1. The number of nitrogens with two attached hydrogens (primary N) is 1. The summed E-state index contributed by atoms with van der Waals surface area (Å²) in [5.41, 5.74) is 9.05. The largest absolute Gasteiger partial charge is 0.489 e. The predicted octanol–water partition coefficient (Wildman–Crippen LogP) is 3.58. The normalized spacial score (nSPS) is 10.1. The summed E-state index contributed by atoms with van der Waals surface area (Å²) in [6.45, 7) is 6.25. The Balaban J connectivity index is 2.31. The van der Waals surface area contributed by atoms with E-state index in [9.17, 15) is 4.79 Å². The number of hydrogen-bond donors (Lipinski definition) is 1. The lowest BCUT2D eigenvalue weighted by Gasteiger charge is -2.11. The molecule has 0 aliphatic heterocycles. The predicted molar refractivity (Wildman–Crippen MR) is 85.5 cm³/mol. The molecule has 0 bridgehead atoms. The van der Waals surface area contributed by atoms with Crippen molar-refractivity contribution in [1.29, 1.82) is 0 Å². The number of hydrogen-bond acceptors (Lipinski definition) is 2. The van der Waals surface area contributed by atoms with Gasteiger partial charge < -0.3 is 10.5 Å².